The number of rotatable bonds is 5. The van der Waals surface area contributed by atoms with Crippen molar-refractivity contribution in [2.45, 2.75) is 26.7 Å². The van der Waals surface area contributed by atoms with Crippen LogP contribution in [0.4, 0.5) is 11.4 Å². The van der Waals surface area contributed by atoms with E-state index in [2.05, 4.69) is 67.9 Å². The molecule has 2 nitrogen and oxygen atoms in total. The Hall–Kier alpha value is -2.13. The van der Waals surface area contributed by atoms with Gasteiger partial charge in [0.1, 0.15) is 0 Å². The zero-order valence-electron chi connectivity index (χ0n) is 13.8. The van der Waals surface area contributed by atoms with Crippen molar-refractivity contribution in [3.8, 4) is 11.3 Å². The molecular weight excluding hydrogens is 300 g/mol. The molecule has 1 aromatic heterocycles. The Kier molecular flexibility index (Phi) is 4.77. The summed E-state index contributed by atoms with van der Waals surface area (Å²) >= 11 is 1.76. The highest BCUT2D eigenvalue weighted by Gasteiger charge is 2.16. The van der Waals surface area contributed by atoms with Gasteiger partial charge in [-0.15, -0.1) is 11.3 Å². The number of thiazole rings is 1. The molecular formula is C20H22N2S. The molecule has 2 aromatic carbocycles. The van der Waals surface area contributed by atoms with Crippen LogP contribution in [0.15, 0.2) is 60.0 Å². The van der Waals surface area contributed by atoms with Gasteiger partial charge in [0, 0.05) is 28.2 Å². The Morgan fingerprint density at radius 2 is 1.61 bits per heavy atom. The first-order valence-electron chi connectivity index (χ1n) is 8.02. The smallest absolute Gasteiger partial charge is 0.0963 e. The third-order valence-electron chi connectivity index (χ3n) is 4.17. The summed E-state index contributed by atoms with van der Waals surface area (Å²) in [6.45, 7) is 6.74. The molecule has 118 valence electrons. The lowest BCUT2D eigenvalue weighted by Gasteiger charge is -2.12. The number of hydrogen-bond donors (Lipinski definition) is 1. The number of anilines is 2. The highest BCUT2D eigenvalue weighted by atomic mass is 32.1. The van der Waals surface area contributed by atoms with Crippen LogP contribution in [0.3, 0.4) is 0 Å². The van der Waals surface area contributed by atoms with Crippen molar-refractivity contribution >= 4 is 22.7 Å². The van der Waals surface area contributed by atoms with E-state index in [-0.39, 0.29) is 0 Å². The SMILES string of the molecule is CC(C)C(C)c1nc(-c2ccccc2Nc2ccccc2)cs1. The van der Waals surface area contributed by atoms with Crippen LogP contribution < -0.4 is 5.32 Å². The molecule has 0 bridgehead atoms. The summed E-state index contributed by atoms with van der Waals surface area (Å²) in [4.78, 5) is 4.88. The number of hydrogen-bond acceptors (Lipinski definition) is 3. The van der Waals surface area contributed by atoms with E-state index < -0.39 is 0 Å². The topological polar surface area (TPSA) is 24.9 Å². The third-order valence-corrected chi connectivity index (χ3v) is 5.21. The Morgan fingerprint density at radius 1 is 0.913 bits per heavy atom. The molecule has 3 rings (SSSR count). The van der Waals surface area contributed by atoms with Gasteiger partial charge in [0.2, 0.25) is 0 Å². The first-order valence-corrected chi connectivity index (χ1v) is 8.90. The van der Waals surface area contributed by atoms with E-state index in [9.17, 15) is 0 Å². The van der Waals surface area contributed by atoms with Gasteiger partial charge in [-0.05, 0) is 24.1 Å². The molecule has 1 heterocycles. The third kappa shape index (κ3) is 3.62. The van der Waals surface area contributed by atoms with E-state index in [1.54, 1.807) is 11.3 Å². The maximum atomic E-state index is 4.88. The van der Waals surface area contributed by atoms with E-state index in [0.29, 0.717) is 11.8 Å². The van der Waals surface area contributed by atoms with Crippen molar-refractivity contribution in [3.05, 3.63) is 65.0 Å². The second-order valence-corrected chi connectivity index (χ2v) is 7.03. The number of para-hydroxylation sites is 2. The Balaban J connectivity index is 1.92. The van der Waals surface area contributed by atoms with E-state index in [1.807, 2.05) is 18.2 Å². The Labute approximate surface area is 142 Å². The van der Waals surface area contributed by atoms with Gasteiger partial charge in [0.25, 0.3) is 0 Å². The predicted molar refractivity (Wildman–Crippen MR) is 101 cm³/mol. The van der Waals surface area contributed by atoms with E-state index in [1.165, 1.54) is 5.01 Å². The average molecular weight is 322 g/mol. The Bertz CT molecular complexity index is 762. The van der Waals surface area contributed by atoms with Crippen molar-refractivity contribution in [1.82, 2.24) is 4.98 Å². The quantitative estimate of drug-likeness (QED) is 0.595. The van der Waals surface area contributed by atoms with Crippen LogP contribution >= 0.6 is 11.3 Å². The maximum absolute atomic E-state index is 4.88. The molecule has 0 amide bonds. The van der Waals surface area contributed by atoms with Crippen LogP contribution in [-0.4, -0.2) is 4.98 Å². The van der Waals surface area contributed by atoms with E-state index in [4.69, 9.17) is 4.98 Å². The van der Waals surface area contributed by atoms with Gasteiger partial charge in [0.15, 0.2) is 0 Å². The first-order chi connectivity index (χ1) is 11.1. The summed E-state index contributed by atoms with van der Waals surface area (Å²) < 4.78 is 0. The normalized spacial score (nSPS) is 12.3. The molecule has 1 atom stereocenters. The molecule has 0 aliphatic heterocycles. The second kappa shape index (κ2) is 6.97. The summed E-state index contributed by atoms with van der Waals surface area (Å²) in [5.74, 6) is 1.09. The zero-order valence-corrected chi connectivity index (χ0v) is 14.6. The fraction of sp³-hybridized carbons (Fsp3) is 0.250. The Morgan fingerprint density at radius 3 is 2.35 bits per heavy atom. The number of nitrogens with zero attached hydrogens (tertiary/aromatic N) is 1. The van der Waals surface area contributed by atoms with Crippen LogP contribution in [0.25, 0.3) is 11.3 Å². The van der Waals surface area contributed by atoms with Crippen molar-refractivity contribution in [2.75, 3.05) is 5.32 Å². The van der Waals surface area contributed by atoms with Gasteiger partial charge in [-0.25, -0.2) is 4.98 Å². The zero-order chi connectivity index (χ0) is 16.2. The van der Waals surface area contributed by atoms with Crippen molar-refractivity contribution in [1.29, 1.82) is 0 Å². The molecule has 1 N–H and O–H groups in total. The summed E-state index contributed by atoms with van der Waals surface area (Å²) in [5.41, 5.74) is 4.38. The second-order valence-electron chi connectivity index (χ2n) is 6.14. The molecule has 0 aliphatic carbocycles. The summed E-state index contributed by atoms with van der Waals surface area (Å²) in [7, 11) is 0. The van der Waals surface area contributed by atoms with Crippen LogP contribution in [0.5, 0.6) is 0 Å². The largest absolute Gasteiger partial charge is 0.355 e. The van der Waals surface area contributed by atoms with Crippen LogP contribution in [0, 0.1) is 5.92 Å². The molecule has 0 spiro atoms. The fourth-order valence-corrected chi connectivity index (χ4v) is 3.45. The fourth-order valence-electron chi connectivity index (χ4n) is 2.40. The maximum Gasteiger partial charge on any atom is 0.0963 e. The molecule has 0 fully saturated rings. The molecule has 3 heteroatoms. The number of nitrogens with one attached hydrogen (secondary N) is 1. The molecule has 1 unspecified atom stereocenters. The van der Waals surface area contributed by atoms with Gasteiger partial charge in [-0.1, -0.05) is 57.2 Å². The van der Waals surface area contributed by atoms with Crippen molar-refractivity contribution < 1.29 is 0 Å². The minimum Gasteiger partial charge on any atom is -0.355 e. The molecule has 3 aromatic rings. The molecule has 23 heavy (non-hydrogen) atoms. The van der Waals surface area contributed by atoms with Crippen LogP contribution in [0.1, 0.15) is 31.7 Å². The number of aromatic nitrogens is 1. The van der Waals surface area contributed by atoms with Crippen LogP contribution in [-0.2, 0) is 0 Å². The first kappa shape index (κ1) is 15.8. The van der Waals surface area contributed by atoms with E-state index in [0.717, 1.165) is 22.6 Å². The van der Waals surface area contributed by atoms with Gasteiger partial charge in [-0.2, -0.15) is 0 Å². The average Bonchev–Trinajstić information content (AvgIpc) is 3.05. The monoisotopic (exact) mass is 322 g/mol. The van der Waals surface area contributed by atoms with Gasteiger partial charge >= 0.3 is 0 Å². The van der Waals surface area contributed by atoms with Crippen molar-refractivity contribution in [2.24, 2.45) is 5.92 Å². The lowest BCUT2D eigenvalue weighted by molar-refractivity contribution is 0.533. The van der Waals surface area contributed by atoms with Gasteiger partial charge in [-0.3, -0.25) is 0 Å². The standard InChI is InChI=1S/C20H22N2S/c1-14(2)15(3)20-22-19(13-23-20)17-11-7-8-12-18(17)21-16-9-5-4-6-10-16/h4-15,21H,1-3H3. The van der Waals surface area contributed by atoms with E-state index >= 15 is 0 Å². The summed E-state index contributed by atoms with van der Waals surface area (Å²) in [6, 6.07) is 18.6. The highest BCUT2D eigenvalue weighted by Crippen LogP contribution is 2.34. The van der Waals surface area contributed by atoms with Gasteiger partial charge < -0.3 is 5.32 Å². The molecule has 0 saturated heterocycles. The minimum absolute atomic E-state index is 0.489. The lowest BCUT2D eigenvalue weighted by atomic mass is 9.99. The molecule has 0 aliphatic rings. The minimum atomic E-state index is 0.489. The van der Waals surface area contributed by atoms with Crippen LogP contribution in [0.2, 0.25) is 0 Å². The summed E-state index contributed by atoms with van der Waals surface area (Å²) in [5, 5.41) is 6.88. The van der Waals surface area contributed by atoms with Crippen molar-refractivity contribution in [3.63, 3.8) is 0 Å². The highest BCUT2D eigenvalue weighted by molar-refractivity contribution is 7.10. The van der Waals surface area contributed by atoms with Gasteiger partial charge in [0.05, 0.1) is 10.7 Å². The predicted octanol–water partition coefficient (Wildman–Crippen LogP) is 6.31. The summed E-state index contributed by atoms with van der Waals surface area (Å²) in [6.07, 6.45) is 0. The number of benzene rings is 2. The lowest BCUT2D eigenvalue weighted by Crippen LogP contribution is -2.01. The molecule has 0 radical (unpaired) electrons. The molecule has 0 saturated carbocycles.